The average Bonchev–Trinajstić information content (AvgIpc) is 3.29. The van der Waals surface area contributed by atoms with Crippen molar-refractivity contribution in [1.82, 2.24) is 20.0 Å². The van der Waals surface area contributed by atoms with Crippen LogP contribution in [-0.2, 0) is 11.3 Å². The number of likely N-dealkylation sites (tertiary alicyclic amines) is 1. The molecule has 1 aliphatic rings. The molecule has 2 heterocycles. The molecular weight excluding hydrogens is 432 g/mol. The van der Waals surface area contributed by atoms with Crippen LogP contribution in [0.4, 0.5) is 4.79 Å². The van der Waals surface area contributed by atoms with E-state index in [0.29, 0.717) is 50.3 Å². The molecule has 8 nitrogen and oxygen atoms in total. The molecule has 0 unspecified atom stereocenters. The number of nitrogens with one attached hydrogen (secondary N) is 1. The van der Waals surface area contributed by atoms with Gasteiger partial charge in [0.15, 0.2) is 0 Å². The Morgan fingerprint density at radius 1 is 1.06 bits per heavy atom. The Morgan fingerprint density at radius 3 is 2.41 bits per heavy atom. The highest BCUT2D eigenvalue weighted by Gasteiger charge is 2.26. The molecule has 1 aromatic heterocycles. The fraction of sp³-hybridized carbons (Fsp3) is 0.346. The Labute approximate surface area is 199 Å². The summed E-state index contributed by atoms with van der Waals surface area (Å²) in [6.07, 6.45) is 2.87. The zero-order valence-corrected chi connectivity index (χ0v) is 19.6. The molecule has 0 saturated carbocycles. The number of amides is 2. The Balaban J connectivity index is 1.52. The summed E-state index contributed by atoms with van der Waals surface area (Å²) in [5.74, 6) is 0.576. The van der Waals surface area contributed by atoms with Crippen molar-refractivity contribution in [3.63, 3.8) is 0 Å². The second-order valence-corrected chi connectivity index (χ2v) is 8.24. The maximum absolute atomic E-state index is 13.3. The topological polar surface area (TPSA) is 85.7 Å². The number of ether oxygens (including phenoxy) is 2. The molecule has 3 aromatic rings. The zero-order valence-electron chi connectivity index (χ0n) is 19.6. The summed E-state index contributed by atoms with van der Waals surface area (Å²) in [7, 11) is 1.62. The Kier molecular flexibility index (Phi) is 7.47. The molecule has 4 rings (SSSR count). The van der Waals surface area contributed by atoms with Crippen molar-refractivity contribution in [3.8, 4) is 17.0 Å². The van der Waals surface area contributed by atoms with Gasteiger partial charge in [-0.25, -0.2) is 4.79 Å². The number of hydrogen-bond acceptors (Lipinski definition) is 5. The molecule has 1 fully saturated rings. The second kappa shape index (κ2) is 10.9. The molecule has 0 aliphatic carbocycles. The Bertz CT molecular complexity index is 1100. The molecule has 2 aromatic carbocycles. The number of hydrogen-bond donors (Lipinski definition) is 1. The van der Waals surface area contributed by atoms with E-state index in [9.17, 15) is 9.59 Å². The fourth-order valence-corrected chi connectivity index (χ4v) is 4.09. The largest absolute Gasteiger partial charge is 0.497 e. The minimum atomic E-state index is -0.295. The molecule has 178 valence electrons. The van der Waals surface area contributed by atoms with Crippen LogP contribution in [0.1, 0.15) is 35.7 Å². The van der Waals surface area contributed by atoms with Gasteiger partial charge in [0.05, 0.1) is 25.8 Å². The van der Waals surface area contributed by atoms with Crippen LogP contribution >= 0.6 is 0 Å². The van der Waals surface area contributed by atoms with Gasteiger partial charge in [-0.3, -0.25) is 9.48 Å². The van der Waals surface area contributed by atoms with Crippen LogP contribution in [0, 0.1) is 0 Å². The maximum Gasteiger partial charge on any atom is 0.409 e. The molecule has 0 radical (unpaired) electrons. The molecule has 1 saturated heterocycles. The first-order valence-electron chi connectivity index (χ1n) is 11.6. The summed E-state index contributed by atoms with van der Waals surface area (Å²) in [6.45, 7) is 3.83. The van der Waals surface area contributed by atoms with Gasteiger partial charge < -0.3 is 19.7 Å². The molecule has 1 aliphatic heterocycles. The van der Waals surface area contributed by atoms with Crippen molar-refractivity contribution in [2.75, 3.05) is 26.8 Å². The Hall–Kier alpha value is -3.81. The lowest BCUT2D eigenvalue weighted by Gasteiger charge is -2.31. The van der Waals surface area contributed by atoms with E-state index < -0.39 is 0 Å². The van der Waals surface area contributed by atoms with E-state index in [1.807, 2.05) is 54.6 Å². The van der Waals surface area contributed by atoms with Crippen LogP contribution in [0.3, 0.4) is 0 Å². The van der Waals surface area contributed by atoms with Gasteiger partial charge in [-0.05, 0) is 49.6 Å². The highest BCUT2D eigenvalue weighted by molar-refractivity contribution is 6.00. The molecule has 8 heteroatoms. The van der Waals surface area contributed by atoms with Crippen LogP contribution in [0.15, 0.2) is 60.8 Å². The number of carbonyl (C=O) groups is 2. The number of benzene rings is 2. The summed E-state index contributed by atoms with van der Waals surface area (Å²) in [6, 6.07) is 17.5. The molecule has 1 N–H and O–H groups in total. The van der Waals surface area contributed by atoms with E-state index >= 15 is 0 Å². The van der Waals surface area contributed by atoms with Crippen LogP contribution in [0.25, 0.3) is 11.3 Å². The third-order valence-corrected chi connectivity index (χ3v) is 5.91. The van der Waals surface area contributed by atoms with Gasteiger partial charge in [-0.1, -0.05) is 30.3 Å². The number of nitrogens with zero attached hydrogens (tertiary/aromatic N) is 3. The molecule has 0 atom stereocenters. The van der Waals surface area contributed by atoms with Crippen molar-refractivity contribution >= 4 is 12.0 Å². The Morgan fingerprint density at radius 2 is 1.76 bits per heavy atom. The van der Waals surface area contributed by atoms with Crippen LogP contribution in [0.2, 0.25) is 0 Å². The average molecular weight is 463 g/mol. The lowest BCUT2D eigenvalue weighted by Crippen LogP contribution is -2.46. The molecule has 0 bridgehead atoms. The summed E-state index contributed by atoms with van der Waals surface area (Å²) in [4.78, 5) is 27.0. The quantitative estimate of drug-likeness (QED) is 0.575. The summed E-state index contributed by atoms with van der Waals surface area (Å²) in [5.41, 5.74) is 3.09. The number of methoxy groups -OCH3 is 1. The number of aromatic nitrogens is 2. The van der Waals surface area contributed by atoms with Crippen LogP contribution in [0.5, 0.6) is 5.75 Å². The predicted octanol–water partition coefficient (Wildman–Crippen LogP) is 3.96. The third-order valence-electron chi connectivity index (χ3n) is 5.91. The smallest absolute Gasteiger partial charge is 0.409 e. The first-order chi connectivity index (χ1) is 16.6. The van der Waals surface area contributed by atoms with E-state index in [-0.39, 0.29) is 18.0 Å². The molecule has 0 spiro atoms. The van der Waals surface area contributed by atoms with Gasteiger partial charge in [0.25, 0.3) is 5.91 Å². The number of piperidine rings is 1. The van der Waals surface area contributed by atoms with Crippen LogP contribution < -0.4 is 10.1 Å². The first-order valence-corrected chi connectivity index (χ1v) is 11.6. The van der Waals surface area contributed by atoms with Gasteiger partial charge in [-0.2, -0.15) is 5.10 Å². The first kappa shape index (κ1) is 23.4. The third kappa shape index (κ3) is 5.57. The van der Waals surface area contributed by atoms with Crippen molar-refractivity contribution < 1.29 is 19.1 Å². The van der Waals surface area contributed by atoms with E-state index in [2.05, 4.69) is 5.32 Å². The minimum absolute atomic E-state index is 0.0145. The summed E-state index contributed by atoms with van der Waals surface area (Å²) >= 11 is 0. The van der Waals surface area contributed by atoms with Crippen molar-refractivity contribution in [3.05, 3.63) is 71.9 Å². The standard InChI is InChI=1S/C26H30N4O4/c1-3-34-26(32)29-15-13-21(14-16-29)27-25(31)23-18-30(17-19-7-5-4-6-8-19)28-24(23)20-9-11-22(33-2)12-10-20/h4-12,18,21H,3,13-17H2,1-2H3,(H,27,31). The maximum atomic E-state index is 13.3. The zero-order chi connectivity index (χ0) is 23.9. The van der Waals surface area contributed by atoms with Gasteiger partial charge in [-0.15, -0.1) is 0 Å². The van der Waals surface area contributed by atoms with E-state index in [0.717, 1.165) is 16.9 Å². The van der Waals surface area contributed by atoms with Gasteiger partial charge in [0, 0.05) is 30.9 Å². The van der Waals surface area contributed by atoms with E-state index in [4.69, 9.17) is 14.6 Å². The van der Waals surface area contributed by atoms with E-state index in [1.165, 1.54) is 0 Å². The minimum Gasteiger partial charge on any atom is -0.497 e. The van der Waals surface area contributed by atoms with E-state index in [1.54, 1.807) is 29.8 Å². The van der Waals surface area contributed by atoms with Crippen molar-refractivity contribution in [2.24, 2.45) is 0 Å². The molecule has 2 amide bonds. The predicted molar refractivity (Wildman–Crippen MR) is 129 cm³/mol. The van der Waals surface area contributed by atoms with Gasteiger partial charge in [0.1, 0.15) is 11.4 Å². The summed E-state index contributed by atoms with van der Waals surface area (Å²) < 4.78 is 12.1. The highest BCUT2D eigenvalue weighted by atomic mass is 16.6. The van der Waals surface area contributed by atoms with Crippen molar-refractivity contribution in [1.29, 1.82) is 0 Å². The number of carbonyl (C=O) groups excluding carboxylic acids is 2. The highest BCUT2D eigenvalue weighted by Crippen LogP contribution is 2.25. The lowest BCUT2D eigenvalue weighted by molar-refractivity contribution is 0.0860. The monoisotopic (exact) mass is 462 g/mol. The normalized spacial score (nSPS) is 14.0. The van der Waals surface area contributed by atoms with Crippen LogP contribution in [-0.4, -0.2) is 59.5 Å². The SMILES string of the molecule is CCOC(=O)N1CCC(NC(=O)c2cn(Cc3ccccc3)nc2-c2ccc(OC)cc2)CC1. The van der Waals surface area contributed by atoms with Gasteiger partial charge in [0.2, 0.25) is 0 Å². The fourth-order valence-electron chi connectivity index (χ4n) is 4.09. The number of rotatable bonds is 7. The van der Waals surface area contributed by atoms with Gasteiger partial charge >= 0.3 is 6.09 Å². The summed E-state index contributed by atoms with van der Waals surface area (Å²) in [5, 5.41) is 7.89. The second-order valence-electron chi connectivity index (χ2n) is 8.24. The molecular formula is C26H30N4O4. The van der Waals surface area contributed by atoms with Crippen molar-refractivity contribution in [2.45, 2.75) is 32.4 Å². The molecule has 34 heavy (non-hydrogen) atoms. The lowest BCUT2D eigenvalue weighted by atomic mass is 10.0.